The van der Waals surface area contributed by atoms with Gasteiger partial charge in [0, 0.05) is 16.8 Å². The lowest BCUT2D eigenvalue weighted by atomic mass is 10.1. The first-order valence-corrected chi connectivity index (χ1v) is 6.34. The highest BCUT2D eigenvalue weighted by Crippen LogP contribution is 2.06. The lowest BCUT2D eigenvalue weighted by Crippen LogP contribution is -2.34. The van der Waals surface area contributed by atoms with Crippen LogP contribution in [-0.2, 0) is 0 Å². The monoisotopic (exact) mass is 282 g/mol. The smallest absolute Gasteiger partial charge is 0.308 e. The quantitative estimate of drug-likeness (QED) is 0.850. The molecular formula is C16H14N2O3. The standard InChI is InChI=1S/C16H14N2O3/c1-11(19)12-7-9-13(10-8-12)15(20)18-16(21)17-14-5-3-2-4-6-14/h2-10H,1H3,(H2,17,18,20,21). The number of anilines is 1. The second-order valence-corrected chi connectivity index (χ2v) is 4.41. The van der Waals surface area contributed by atoms with Gasteiger partial charge in [-0.25, -0.2) is 4.79 Å². The number of nitrogens with one attached hydrogen (secondary N) is 2. The predicted molar refractivity (Wildman–Crippen MR) is 79.4 cm³/mol. The normalized spacial score (nSPS) is 9.76. The largest absolute Gasteiger partial charge is 0.326 e. The third-order valence-corrected chi connectivity index (χ3v) is 2.81. The van der Waals surface area contributed by atoms with Crippen molar-refractivity contribution < 1.29 is 14.4 Å². The molecule has 2 aromatic carbocycles. The lowest BCUT2D eigenvalue weighted by molar-refractivity contribution is 0.0964. The van der Waals surface area contributed by atoms with E-state index in [1.165, 1.54) is 19.1 Å². The first-order chi connectivity index (χ1) is 10.1. The van der Waals surface area contributed by atoms with E-state index in [1.54, 1.807) is 36.4 Å². The summed E-state index contributed by atoms with van der Waals surface area (Å²) in [7, 11) is 0. The predicted octanol–water partition coefficient (Wildman–Crippen LogP) is 2.85. The summed E-state index contributed by atoms with van der Waals surface area (Å²) < 4.78 is 0. The summed E-state index contributed by atoms with van der Waals surface area (Å²) in [6.45, 7) is 1.45. The summed E-state index contributed by atoms with van der Waals surface area (Å²) in [6, 6.07) is 14.3. The first-order valence-electron chi connectivity index (χ1n) is 6.34. The number of rotatable bonds is 3. The Bertz CT molecular complexity index is 664. The molecule has 2 N–H and O–H groups in total. The molecule has 2 aromatic rings. The van der Waals surface area contributed by atoms with Gasteiger partial charge in [-0.05, 0) is 31.2 Å². The summed E-state index contributed by atoms with van der Waals surface area (Å²) in [6.07, 6.45) is 0. The maximum atomic E-state index is 11.9. The molecule has 0 bridgehead atoms. The van der Waals surface area contributed by atoms with Crippen molar-refractivity contribution in [3.63, 3.8) is 0 Å². The summed E-state index contributed by atoms with van der Waals surface area (Å²) in [5, 5.41) is 4.77. The third kappa shape index (κ3) is 4.01. The highest BCUT2D eigenvalue weighted by Gasteiger charge is 2.10. The van der Waals surface area contributed by atoms with Crippen LogP contribution in [0.1, 0.15) is 27.6 Å². The average Bonchev–Trinajstić information content (AvgIpc) is 2.48. The van der Waals surface area contributed by atoms with Crippen molar-refractivity contribution in [3.05, 3.63) is 65.7 Å². The fourth-order valence-electron chi connectivity index (χ4n) is 1.72. The number of ketones is 1. The Morgan fingerprint density at radius 3 is 1.95 bits per heavy atom. The van der Waals surface area contributed by atoms with Gasteiger partial charge in [-0.15, -0.1) is 0 Å². The Morgan fingerprint density at radius 1 is 0.810 bits per heavy atom. The molecule has 0 aliphatic rings. The maximum absolute atomic E-state index is 11.9. The molecule has 0 aliphatic heterocycles. The fourth-order valence-corrected chi connectivity index (χ4v) is 1.72. The van der Waals surface area contributed by atoms with Gasteiger partial charge >= 0.3 is 6.03 Å². The topological polar surface area (TPSA) is 75.3 Å². The highest BCUT2D eigenvalue weighted by molar-refractivity contribution is 6.08. The van der Waals surface area contributed by atoms with E-state index < -0.39 is 11.9 Å². The van der Waals surface area contributed by atoms with Crippen LogP contribution >= 0.6 is 0 Å². The van der Waals surface area contributed by atoms with Gasteiger partial charge in [0.05, 0.1) is 0 Å². The van der Waals surface area contributed by atoms with E-state index in [4.69, 9.17) is 0 Å². The van der Waals surface area contributed by atoms with E-state index in [9.17, 15) is 14.4 Å². The number of carbonyl (C=O) groups is 3. The van der Waals surface area contributed by atoms with Crippen LogP contribution in [0.2, 0.25) is 0 Å². The van der Waals surface area contributed by atoms with Crippen molar-refractivity contribution in [2.24, 2.45) is 0 Å². The van der Waals surface area contributed by atoms with Crippen molar-refractivity contribution in [3.8, 4) is 0 Å². The zero-order chi connectivity index (χ0) is 15.2. The van der Waals surface area contributed by atoms with E-state index >= 15 is 0 Å². The molecule has 0 radical (unpaired) electrons. The van der Waals surface area contributed by atoms with Crippen molar-refractivity contribution in [2.45, 2.75) is 6.92 Å². The van der Waals surface area contributed by atoms with Crippen LogP contribution in [0, 0.1) is 0 Å². The molecule has 3 amide bonds. The molecule has 0 heterocycles. The number of hydrogen-bond donors (Lipinski definition) is 2. The van der Waals surface area contributed by atoms with Crippen molar-refractivity contribution in [1.29, 1.82) is 0 Å². The van der Waals surface area contributed by atoms with Crippen LogP contribution in [0.15, 0.2) is 54.6 Å². The number of para-hydroxylation sites is 1. The fraction of sp³-hybridized carbons (Fsp3) is 0.0625. The first kappa shape index (κ1) is 14.5. The average molecular weight is 282 g/mol. The number of Topliss-reactive ketones (excluding diaryl/α,β-unsaturated/α-hetero) is 1. The molecule has 106 valence electrons. The van der Waals surface area contributed by atoms with Crippen LogP contribution in [0.5, 0.6) is 0 Å². The summed E-state index contributed by atoms with van der Waals surface area (Å²) in [4.78, 5) is 34.7. The molecule has 0 saturated carbocycles. The van der Waals surface area contributed by atoms with Gasteiger partial charge in [0.25, 0.3) is 5.91 Å². The molecule has 0 unspecified atom stereocenters. The van der Waals surface area contributed by atoms with Crippen molar-refractivity contribution in [1.82, 2.24) is 5.32 Å². The molecule has 5 nitrogen and oxygen atoms in total. The van der Waals surface area contributed by atoms with E-state index in [-0.39, 0.29) is 5.78 Å². The number of amides is 3. The highest BCUT2D eigenvalue weighted by atomic mass is 16.2. The second-order valence-electron chi connectivity index (χ2n) is 4.41. The van der Waals surface area contributed by atoms with Crippen molar-refractivity contribution in [2.75, 3.05) is 5.32 Å². The summed E-state index contributed by atoms with van der Waals surface area (Å²) >= 11 is 0. The number of carbonyl (C=O) groups excluding carboxylic acids is 3. The van der Waals surface area contributed by atoms with Crippen molar-refractivity contribution >= 4 is 23.4 Å². The van der Waals surface area contributed by atoms with Gasteiger partial charge in [-0.3, -0.25) is 14.9 Å². The van der Waals surface area contributed by atoms with Gasteiger partial charge in [0.1, 0.15) is 0 Å². The minimum Gasteiger partial charge on any atom is -0.308 e. The molecule has 5 heteroatoms. The number of benzene rings is 2. The van der Waals surface area contributed by atoms with Crippen LogP contribution in [0.4, 0.5) is 10.5 Å². The number of hydrogen-bond acceptors (Lipinski definition) is 3. The van der Waals surface area contributed by atoms with Gasteiger partial charge in [-0.1, -0.05) is 30.3 Å². The van der Waals surface area contributed by atoms with Gasteiger partial charge in [0.15, 0.2) is 5.78 Å². The third-order valence-electron chi connectivity index (χ3n) is 2.81. The zero-order valence-corrected chi connectivity index (χ0v) is 11.4. The van der Waals surface area contributed by atoms with Crippen LogP contribution < -0.4 is 10.6 Å². The van der Waals surface area contributed by atoms with Crippen LogP contribution in [0.25, 0.3) is 0 Å². The van der Waals surface area contributed by atoms with E-state index in [0.29, 0.717) is 16.8 Å². The molecule has 0 spiro atoms. The molecule has 0 aromatic heterocycles. The SMILES string of the molecule is CC(=O)c1ccc(C(=O)NC(=O)Nc2ccccc2)cc1. The van der Waals surface area contributed by atoms with E-state index in [1.807, 2.05) is 6.07 Å². The van der Waals surface area contributed by atoms with Crippen LogP contribution in [-0.4, -0.2) is 17.7 Å². The maximum Gasteiger partial charge on any atom is 0.326 e. The molecule has 2 rings (SSSR count). The molecule has 0 saturated heterocycles. The van der Waals surface area contributed by atoms with Gasteiger partial charge in [-0.2, -0.15) is 0 Å². The molecule has 21 heavy (non-hydrogen) atoms. The van der Waals surface area contributed by atoms with Gasteiger partial charge < -0.3 is 5.32 Å². The Kier molecular flexibility index (Phi) is 4.46. The van der Waals surface area contributed by atoms with Crippen LogP contribution in [0.3, 0.4) is 0 Å². The lowest BCUT2D eigenvalue weighted by Gasteiger charge is -2.06. The Balaban J connectivity index is 1.97. The molecule has 0 aliphatic carbocycles. The minimum absolute atomic E-state index is 0.0798. The summed E-state index contributed by atoms with van der Waals surface area (Å²) in [5.74, 6) is -0.609. The minimum atomic E-state index is -0.609. The Labute approximate surface area is 122 Å². The molecule has 0 atom stereocenters. The molecular weight excluding hydrogens is 268 g/mol. The summed E-state index contributed by atoms with van der Waals surface area (Å²) in [5.41, 5.74) is 1.42. The second kappa shape index (κ2) is 6.47. The zero-order valence-electron chi connectivity index (χ0n) is 11.4. The number of imide groups is 1. The van der Waals surface area contributed by atoms with E-state index in [0.717, 1.165) is 0 Å². The molecule has 0 fully saturated rings. The van der Waals surface area contributed by atoms with Gasteiger partial charge in [0.2, 0.25) is 0 Å². The van der Waals surface area contributed by atoms with E-state index in [2.05, 4.69) is 10.6 Å². The Hall–Kier alpha value is -2.95. The Morgan fingerprint density at radius 2 is 1.38 bits per heavy atom. The number of urea groups is 1.